The Balaban J connectivity index is 1.92. The van der Waals surface area contributed by atoms with Crippen molar-refractivity contribution >= 4 is 5.84 Å². The van der Waals surface area contributed by atoms with Crippen molar-refractivity contribution in [3.8, 4) is 11.5 Å². The molecule has 5 heteroatoms. The smallest absolute Gasteiger partial charge is 0.170 e. The van der Waals surface area contributed by atoms with Crippen LogP contribution < -0.4 is 15.2 Å². The second-order valence-corrected chi connectivity index (χ2v) is 4.79. The fourth-order valence-corrected chi connectivity index (χ4v) is 2.11. The van der Waals surface area contributed by atoms with Crippen molar-refractivity contribution in [2.75, 3.05) is 13.7 Å². The lowest BCUT2D eigenvalue weighted by Crippen LogP contribution is -2.13. The molecule has 5 nitrogen and oxygen atoms in total. The molecule has 0 heterocycles. The van der Waals surface area contributed by atoms with E-state index < -0.39 is 0 Å². The van der Waals surface area contributed by atoms with Gasteiger partial charge in [-0.05, 0) is 36.6 Å². The second-order valence-electron chi connectivity index (χ2n) is 4.79. The molecule has 3 N–H and O–H groups in total. The molecule has 0 aliphatic heterocycles. The number of ether oxygens (including phenoxy) is 2. The Bertz CT molecular complexity index is 627. The van der Waals surface area contributed by atoms with E-state index >= 15 is 0 Å². The average molecular weight is 300 g/mol. The number of hydrogen-bond donors (Lipinski definition) is 2. The van der Waals surface area contributed by atoms with E-state index in [1.807, 2.05) is 18.2 Å². The van der Waals surface area contributed by atoms with Crippen LogP contribution in [0.2, 0.25) is 0 Å². The Hall–Kier alpha value is -2.69. The summed E-state index contributed by atoms with van der Waals surface area (Å²) in [4.78, 5) is 0. The van der Waals surface area contributed by atoms with Gasteiger partial charge in [-0.3, -0.25) is 0 Å². The van der Waals surface area contributed by atoms with Crippen LogP contribution in [0.25, 0.3) is 0 Å². The first-order valence-electron chi connectivity index (χ1n) is 7.07. The first-order valence-corrected chi connectivity index (χ1v) is 7.07. The maximum Gasteiger partial charge on any atom is 0.170 e. The summed E-state index contributed by atoms with van der Waals surface area (Å²) in [6, 6.07) is 15.4. The van der Waals surface area contributed by atoms with Crippen molar-refractivity contribution in [2.24, 2.45) is 10.9 Å². The summed E-state index contributed by atoms with van der Waals surface area (Å²) in [5.74, 6) is 1.24. The van der Waals surface area contributed by atoms with Gasteiger partial charge < -0.3 is 20.4 Å². The minimum atomic E-state index is 0.0360. The summed E-state index contributed by atoms with van der Waals surface area (Å²) in [5.41, 5.74) is 7.43. The molecule has 0 aliphatic carbocycles. The largest absolute Gasteiger partial charge is 0.493 e. The van der Waals surface area contributed by atoms with Gasteiger partial charge >= 0.3 is 0 Å². The SMILES string of the molecule is COc1cc(/C(N)=N/O)ccc1OCCCc1ccccc1. The lowest BCUT2D eigenvalue weighted by molar-refractivity contribution is 0.289. The summed E-state index contributed by atoms with van der Waals surface area (Å²) in [5, 5.41) is 11.7. The van der Waals surface area contributed by atoms with Crippen molar-refractivity contribution in [2.45, 2.75) is 12.8 Å². The molecule has 0 amide bonds. The van der Waals surface area contributed by atoms with Crippen molar-refractivity contribution < 1.29 is 14.7 Å². The van der Waals surface area contributed by atoms with Gasteiger partial charge in [-0.25, -0.2) is 0 Å². The number of rotatable bonds is 7. The summed E-state index contributed by atoms with van der Waals surface area (Å²) in [7, 11) is 1.56. The third-order valence-corrected chi connectivity index (χ3v) is 3.28. The van der Waals surface area contributed by atoms with Crippen LogP contribution in [0.15, 0.2) is 53.7 Å². The van der Waals surface area contributed by atoms with Crippen molar-refractivity contribution in [1.82, 2.24) is 0 Å². The molecule has 22 heavy (non-hydrogen) atoms. The molecule has 2 aromatic rings. The monoisotopic (exact) mass is 300 g/mol. The molecule has 2 rings (SSSR count). The second kappa shape index (κ2) is 7.93. The first kappa shape index (κ1) is 15.7. The van der Waals surface area contributed by atoms with Gasteiger partial charge in [-0.1, -0.05) is 35.5 Å². The van der Waals surface area contributed by atoms with Gasteiger partial charge in [0.05, 0.1) is 13.7 Å². The number of aryl methyl sites for hydroxylation is 1. The van der Waals surface area contributed by atoms with Gasteiger partial charge in [0.2, 0.25) is 0 Å². The highest BCUT2D eigenvalue weighted by molar-refractivity contribution is 5.97. The Kier molecular flexibility index (Phi) is 5.65. The van der Waals surface area contributed by atoms with Crippen LogP contribution >= 0.6 is 0 Å². The number of nitrogens with two attached hydrogens (primary N) is 1. The Morgan fingerprint density at radius 1 is 1.14 bits per heavy atom. The van der Waals surface area contributed by atoms with E-state index in [1.165, 1.54) is 5.56 Å². The molecule has 0 aliphatic rings. The Morgan fingerprint density at radius 3 is 2.59 bits per heavy atom. The maximum absolute atomic E-state index is 8.69. The highest BCUT2D eigenvalue weighted by Crippen LogP contribution is 2.28. The van der Waals surface area contributed by atoms with Crippen LogP contribution in [-0.4, -0.2) is 24.8 Å². The van der Waals surface area contributed by atoms with Crippen LogP contribution in [0, 0.1) is 0 Å². The third-order valence-electron chi connectivity index (χ3n) is 3.28. The van der Waals surface area contributed by atoms with Crippen molar-refractivity contribution in [3.63, 3.8) is 0 Å². The Labute approximate surface area is 130 Å². The van der Waals surface area contributed by atoms with Gasteiger partial charge in [-0.15, -0.1) is 0 Å². The Morgan fingerprint density at radius 2 is 1.91 bits per heavy atom. The predicted molar refractivity (Wildman–Crippen MR) is 85.8 cm³/mol. The maximum atomic E-state index is 8.69. The third kappa shape index (κ3) is 4.15. The lowest BCUT2D eigenvalue weighted by atomic mass is 10.1. The zero-order valence-corrected chi connectivity index (χ0v) is 12.5. The van der Waals surface area contributed by atoms with E-state index in [1.54, 1.807) is 25.3 Å². The fraction of sp³-hybridized carbons (Fsp3) is 0.235. The number of benzene rings is 2. The van der Waals surface area contributed by atoms with Gasteiger partial charge in [0, 0.05) is 5.56 Å². The first-order chi connectivity index (χ1) is 10.7. The molecule has 0 fully saturated rings. The van der Waals surface area contributed by atoms with E-state index in [9.17, 15) is 0 Å². The highest BCUT2D eigenvalue weighted by Gasteiger charge is 2.08. The topological polar surface area (TPSA) is 77.1 Å². The van der Waals surface area contributed by atoms with Gasteiger partial charge in [-0.2, -0.15) is 0 Å². The standard InChI is InChI=1S/C17H20N2O3/c1-21-16-12-14(17(18)19-20)9-10-15(16)22-11-5-8-13-6-3-2-4-7-13/h2-4,6-7,9-10,12,20H,5,8,11H2,1H3,(H2,18,19). The summed E-state index contributed by atoms with van der Waals surface area (Å²) >= 11 is 0. The number of methoxy groups -OCH3 is 1. The van der Waals surface area contributed by atoms with Gasteiger partial charge in [0.25, 0.3) is 0 Å². The van der Waals surface area contributed by atoms with Crippen LogP contribution in [0.5, 0.6) is 11.5 Å². The number of amidine groups is 1. The molecule has 0 spiro atoms. The number of oxime groups is 1. The minimum Gasteiger partial charge on any atom is -0.493 e. The number of nitrogens with zero attached hydrogens (tertiary/aromatic N) is 1. The fourth-order valence-electron chi connectivity index (χ4n) is 2.11. The van der Waals surface area contributed by atoms with Gasteiger partial charge in [0.1, 0.15) is 0 Å². The molecular formula is C17H20N2O3. The van der Waals surface area contributed by atoms with E-state index in [4.69, 9.17) is 20.4 Å². The molecule has 0 radical (unpaired) electrons. The van der Waals surface area contributed by atoms with Crippen molar-refractivity contribution in [3.05, 3.63) is 59.7 Å². The molecule has 0 saturated carbocycles. The number of hydrogen-bond acceptors (Lipinski definition) is 4. The van der Waals surface area contributed by atoms with E-state index in [0.29, 0.717) is 23.7 Å². The van der Waals surface area contributed by atoms with Crippen LogP contribution in [0.1, 0.15) is 17.5 Å². The van der Waals surface area contributed by atoms with Crippen LogP contribution in [-0.2, 0) is 6.42 Å². The summed E-state index contributed by atoms with van der Waals surface area (Å²) < 4.78 is 11.0. The van der Waals surface area contributed by atoms with Crippen molar-refractivity contribution in [1.29, 1.82) is 0 Å². The predicted octanol–water partition coefficient (Wildman–Crippen LogP) is 2.80. The van der Waals surface area contributed by atoms with Gasteiger partial charge in [0.15, 0.2) is 17.3 Å². The quantitative estimate of drug-likeness (QED) is 0.271. The molecule has 0 bridgehead atoms. The minimum absolute atomic E-state index is 0.0360. The molecule has 0 aromatic heterocycles. The zero-order chi connectivity index (χ0) is 15.8. The van der Waals surface area contributed by atoms with E-state index in [-0.39, 0.29) is 5.84 Å². The highest BCUT2D eigenvalue weighted by atomic mass is 16.5. The summed E-state index contributed by atoms with van der Waals surface area (Å²) in [6.45, 7) is 0.591. The summed E-state index contributed by atoms with van der Waals surface area (Å²) in [6.07, 6.45) is 1.88. The molecule has 2 aromatic carbocycles. The van der Waals surface area contributed by atoms with Crippen LogP contribution in [0.3, 0.4) is 0 Å². The van der Waals surface area contributed by atoms with Crippen LogP contribution in [0.4, 0.5) is 0 Å². The molecule has 116 valence electrons. The molecule has 0 unspecified atom stereocenters. The average Bonchev–Trinajstić information content (AvgIpc) is 2.59. The lowest BCUT2D eigenvalue weighted by Gasteiger charge is -2.12. The molecular weight excluding hydrogens is 280 g/mol. The molecule has 0 saturated heterocycles. The normalized spacial score (nSPS) is 11.2. The van der Waals surface area contributed by atoms with E-state index in [0.717, 1.165) is 12.8 Å². The zero-order valence-electron chi connectivity index (χ0n) is 12.5. The molecule has 0 atom stereocenters. The van der Waals surface area contributed by atoms with E-state index in [2.05, 4.69) is 17.3 Å².